The van der Waals surface area contributed by atoms with Gasteiger partial charge in [-0.25, -0.2) is 4.98 Å². The summed E-state index contributed by atoms with van der Waals surface area (Å²) in [6, 6.07) is 7.98. The fourth-order valence-corrected chi connectivity index (χ4v) is 3.06. The topological polar surface area (TPSA) is 60.7 Å². The number of aryl methyl sites for hydroxylation is 1. The molecule has 1 aromatic heterocycles. The number of thioether (sulfide) groups is 1. The number of hydrogen-bond acceptors (Lipinski definition) is 3. The maximum Gasteiger partial charge on any atom is 0.304 e. The zero-order valence-corrected chi connectivity index (χ0v) is 13.6. The summed E-state index contributed by atoms with van der Waals surface area (Å²) in [5.74, 6) is 0.626. The van der Waals surface area contributed by atoms with Gasteiger partial charge in [-0.1, -0.05) is 0 Å². The number of ether oxygens (including phenoxy) is 1. The number of nitrogens with one attached hydrogen (secondary N) is 1. The Bertz CT molecular complexity index is 634. The molecule has 0 radical (unpaired) electrons. The Morgan fingerprint density at radius 1 is 1.38 bits per heavy atom. The van der Waals surface area contributed by atoms with Gasteiger partial charge in [-0.15, -0.1) is 11.8 Å². The molecule has 21 heavy (non-hydrogen) atoms. The number of fused-ring (bicyclic) bond motifs is 1. The first-order valence-electron chi connectivity index (χ1n) is 6.54. The highest BCUT2D eigenvalue weighted by Crippen LogP contribution is 2.29. The normalized spacial score (nSPS) is 10.2. The lowest BCUT2D eigenvalue weighted by atomic mass is 10.2. The van der Waals surface area contributed by atoms with E-state index in [-0.39, 0.29) is 18.8 Å². The van der Waals surface area contributed by atoms with Crippen molar-refractivity contribution in [3.8, 4) is 5.75 Å². The maximum atomic E-state index is 10.6. The van der Waals surface area contributed by atoms with Gasteiger partial charge in [0.15, 0.2) is 5.69 Å². The summed E-state index contributed by atoms with van der Waals surface area (Å²) in [5.41, 5.74) is 2.09. The van der Waals surface area contributed by atoms with Crippen molar-refractivity contribution < 1.29 is 32.0 Å². The third-order valence-corrected chi connectivity index (χ3v) is 3.88. The predicted octanol–water partition coefficient (Wildman–Crippen LogP) is -0.0682. The zero-order chi connectivity index (χ0) is 14.5. The number of rotatable bonds is 6. The van der Waals surface area contributed by atoms with E-state index in [4.69, 9.17) is 9.84 Å². The molecule has 2 rings (SSSR count). The number of carbonyl (C=O) groups is 1. The summed E-state index contributed by atoms with van der Waals surface area (Å²) in [6.07, 6.45) is 0.162. The van der Waals surface area contributed by atoms with Gasteiger partial charge in [-0.05, 0) is 19.1 Å². The molecule has 0 saturated carbocycles. The van der Waals surface area contributed by atoms with Crippen LogP contribution in [0.4, 0.5) is 0 Å². The molecule has 114 valence electrons. The standard InChI is InChI=1S/C15H17NO3S.ClH/c1-3-19-11-4-5-13-12(9-11)14(8-10(2)16-13)20-7-6-15(17)18;/h4-5,8-9H,3,6-7H2,1-2H3,(H,17,18);1H. The number of hydrogen-bond donors (Lipinski definition) is 1. The molecule has 0 aliphatic heterocycles. The van der Waals surface area contributed by atoms with Gasteiger partial charge in [0.2, 0.25) is 5.52 Å². The molecule has 0 unspecified atom stereocenters. The highest BCUT2D eigenvalue weighted by atomic mass is 35.5. The summed E-state index contributed by atoms with van der Waals surface area (Å²) in [5, 5.41) is 9.80. The van der Waals surface area contributed by atoms with Crippen LogP contribution in [0.5, 0.6) is 5.75 Å². The molecule has 0 aliphatic rings. The number of aliphatic carboxylic acids is 1. The van der Waals surface area contributed by atoms with E-state index in [1.54, 1.807) is 11.8 Å². The van der Waals surface area contributed by atoms with Gasteiger partial charge < -0.3 is 22.3 Å². The molecule has 0 bridgehead atoms. The van der Waals surface area contributed by atoms with Crippen LogP contribution in [-0.2, 0) is 4.79 Å². The van der Waals surface area contributed by atoms with Gasteiger partial charge in [0, 0.05) is 29.7 Å². The van der Waals surface area contributed by atoms with Crippen molar-refractivity contribution >= 4 is 28.6 Å². The van der Waals surface area contributed by atoms with Crippen LogP contribution in [0.25, 0.3) is 10.9 Å². The smallest absolute Gasteiger partial charge is 0.304 e. The van der Waals surface area contributed by atoms with E-state index in [0.29, 0.717) is 12.4 Å². The fourth-order valence-electron chi connectivity index (χ4n) is 1.98. The molecular formula is C15H18ClNO3S. The Hall–Kier alpha value is -1.46. The molecule has 6 heteroatoms. The van der Waals surface area contributed by atoms with Crippen molar-refractivity contribution in [2.75, 3.05) is 12.4 Å². The van der Waals surface area contributed by atoms with Crippen LogP contribution in [0.3, 0.4) is 0 Å². The second-order valence-corrected chi connectivity index (χ2v) is 5.59. The minimum absolute atomic E-state index is 0. The second kappa shape index (κ2) is 8.10. The number of benzene rings is 1. The van der Waals surface area contributed by atoms with Crippen LogP contribution in [0.1, 0.15) is 19.0 Å². The Kier molecular flexibility index (Phi) is 6.78. The van der Waals surface area contributed by atoms with Crippen LogP contribution in [0, 0.1) is 6.92 Å². The fraction of sp³-hybridized carbons (Fsp3) is 0.333. The lowest BCUT2D eigenvalue weighted by Crippen LogP contribution is -3.00. The van der Waals surface area contributed by atoms with Crippen LogP contribution in [0.15, 0.2) is 29.2 Å². The molecular weight excluding hydrogens is 310 g/mol. The van der Waals surface area contributed by atoms with Crippen molar-refractivity contribution in [2.45, 2.75) is 25.2 Å². The molecule has 4 nitrogen and oxygen atoms in total. The summed E-state index contributed by atoms with van der Waals surface area (Å²) in [6.45, 7) is 4.58. The maximum absolute atomic E-state index is 10.6. The average Bonchev–Trinajstić information content (AvgIpc) is 2.39. The van der Waals surface area contributed by atoms with Crippen LogP contribution >= 0.6 is 11.8 Å². The Labute approximate surface area is 134 Å². The largest absolute Gasteiger partial charge is 1.00 e. The van der Waals surface area contributed by atoms with E-state index in [1.165, 1.54) is 0 Å². The molecule has 2 N–H and O–H groups in total. The highest BCUT2D eigenvalue weighted by molar-refractivity contribution is 7.99. The molecule has 0 atom stereocenters. The van der Waals surface area contributed by atoms with Gasteiger partial charge in [0.25, 0.3) is 0 Å². The van der Waals surface area contributed by atoms with Gasteiger partial charge in [0.1, 0.15) is 5.75 Å². The summed E-state index contributed by atoms with van der Waals surface area (Å²) >= 11 is 1.56. The number of pyridine rings is 1. The Morgan fingerprint density at radius 3 is 2.81 bits per heavy atom. The van der Waals surface area contributed by atoms with E-state index in [0.717, 1.165) is 27.2 Å². The summed E-state index contributed by atoms with van der Waals surface area (Å²) < 4.78 is 5.52. The second-order valence-electron chi connectivity index (χ2n) is 4.45. The number of carboxylic acid groups (broad SMARTS) is 1. The third-order valence-electron chi connectivity index (χ3n) is 2.82. The summed E-state index contributed by atoms with van der Waals surface area (Å²) in [7, 11) is 0. The van der Waals surface area contributed by atoms with Crippen molar-refractivity contribution in [3.63, 3.8) is 0 Å². The molecule has 1 aromatic carbocycles. The number of aromatic amines is 1. The Morgan fingerprint density at radius 2 is 2.14 bits per heavy atom. The van der Waals surface area contributed by atoms with Crippen molar-refractivity contribution in [2.24, 2.45) is 0 Å². The molecule has 0 spiro atoms. The molecule has 0 fully saturated rings. The van der Waals surface area contributed by atoms with Gasteiger partial charge in [-0.3, -0.25) is 4.79 Å². The first kappa shape index (κ1) is 17.6. The van der Waals surface area contributed by atoms with Gasteiger partial charge in [0.05, 0.1) is 18.4 Å². The molecule has 2 aromatic rings. The monoisotopic (exact) mass is 327 g/mol. The van der Waals surface area contributed by atoms with Crippen LogP contribution in [-0.4, -0.2) is 23.4 Å². The minimum atomic E-state index is -0.768. The number of H-pyrrole nitrogens is 1. The third kappa shape index (κ3) is 4.79. The predicted molar refractivity (Wildman–Crippen MR) is 79.4 cm³/mol. The quantitative estimate of drug-likeness (QED) is 0.755. The zero-order valence-electron chi connectivity index (χ0n) is 12.0. The molecule has 1 heterocycles. The first-order valence-corrected chi connectivity index (χ1v) is 7.52. The van der Waals surface area contributed by atoms with E-state index in [2.05, 4.69) is 4.98 Å². The van der Waals surface area contributed by atoms with E-state index < -0.39 is 5.97 Å². The lowest BCUT2D eigenvalue weighted by molar-refractivity contribution is -0.355. The van der Waals surface area contributed by atoms with Crippen molar-refractivity contribution in [1.29, 1.82) is 0 Å². The number of aromatic nitrogens is 1. The van der Waals surface area contributed by atoms with E-state index in [9.17, 15) is 4.79 Å². The van der Waals surface area contributed by atoms with Gasteiger partial charge in [-0.2, -0.15) is 0 Å². The van der Waals surface area contributed by atoms with Crippen LogP contribution < -0.4 is 22.1 Å². The van der Waals surface area contributed by atoms with Crippen LogP contribution in [0.2, 0.25) is 0 Å². The average molecular weight is 328 g/mol. The molecule has 0 amide bonds. The van der Waals surface area contributed by atoms with E-state index >= 15 is 0 Å². The van der Waals surface area contributed by atoms with Crippen molar-refractivity contribution in [1.82, 2.24) is 0 Å². The Balaban J connectivity index is 0.00000220. The molecule has 0 aliphatic carbocycles. The first-order chi connectivity index (χ1) is 9.60. The van der Waals surface area contributed by atoms with E-state index in [1.807, 2.05) is 38.1 Å². The number of carboxylic acids is 1. The summed E-state index contributed by atoms with van der Waals surface area (Å²) in [4.78, 5) is 15.0. The number of halogens is 1. The van der Waals surface area contributed by atoms with Gasteiger partial charge >= 0.3 is 5.97 Å². The lowest BCUT2D eigenvalue weighted by Gasteiger charge is -2.06. The SMILES string of the molecule is CCOc1ccc2[nH+]c(C)cc(SCCC(=O)O)c2c1.[Cl-]. The minimum Gasteiger partial charge on any atom is -1.00 e. The molecule has 0 saturated heterocycles. The highest BCUT2D eigenvalue weighted by Gasteiger charge is 2.11. The van der Waals surface area contributed by atoms with Crippen molar-refractivity contribution in [3.05, 3.63) is 30.0 Å².